The molecule has 0 aliphatic carbocycles. The Morgan fingerprint density at radius 3 is 2.34 bits per heavy atom. The number of amides is 1. The van der Waals surface area contributed by atoms with Gasteiger partial charge < -0.3 is 15.6 Å². The van der Waals surface area contributed by atoms with Gasteiger partial charge in [0, 0.05) is 6.42 Å². The summed E-state index contributed by atoms with van der Waals surface area (Å²) in [4.78, 5) is 41.6. The lowest BCUT2D eigenvalue weighted by atomic mass is 10.0. The van der Waals surface area contributed by atoms with Gasteiger partial charge in [-0.1, -0.05) is 30.3 Å². The van der Waals surface area contributed by atoms with Crippen molar-refractivity contribution in [3.8, 4) is 0 Å². The predicted octanol–water partition coefficient (Wildman–Crippen LogP) is 1.64. The second kappa shape index (κ2) is 11.2. The Morgan fingerprint density at radius 1 is 1.21 bits per heavy atom. The van der Waals surface area contributed by atoms with Gasteiger partial charge in [0.1, 0.15) is 11.6 Å². The van der Waals surface area contributed by atoms with Crippen LogP contribution in [-0.2, 0) is 25.5 Å². The molecule has 0 unspecified atom stereocenters. The minimum atomic E-state index is -0.990. The number of ketones is 1. The first-order valence-electron chi connectivity index (χ1n) is 9.47. The van der Waals surface area contributed by atoms with E-state index in [4.69, 9.17) is 10.3 Å². The van der Waals surface area contributed by atoms with Gasteiger partial charge in [0.25, 0.3) is 0 Å². The Morgan fingerprint density at radius 2 is 1.83 bits per heavy atom. The molecule has 0 heterocycles. The monoisotopic (exact) mass is 402 g/mol. The number of nitrogens with one attached hydrogen (secondary N) is 1. The number of benzene rings is 1. The van der Waals surface area contributed by atoms with Crippen LogP contribution in [0.3, 0.4) is 0 Å². The van der Waals surface area contributed by atoms with Crippen molar-refractivity contribution in [2.45, 2.75) is 57.7 Å². The predicted molar refractivity (Wildman–Crippen MR) is 109 cm³/mol. The summed E-state index contributed by atoms with van der Waals surface area (Å²) in [5.74, 6) is -1.40. The summed E-state index contributed by atoms with van der Waals surface area (Å²) < 4.78 is 5.39. The molecule has 8 heteroatoms. The molecular weight excluding hydrogens is 372 g/mol. The van der Waals surface area contributed by atoms with Gasteiger partial charge in [-0.2, -0.15) is 4.79 Å². The summed E-state index contributed by atoms with van der Waals surface area (Å²) in [6.07, 6.45) is 1.21. The Kier molecular flexibility index (Phi) is 9.38. The van der Waals surface area contributed by atoms with Gasteiger partial charge in [0.15, 0.2) is 0 Å². The Hall–Kier alpha value is -2.83. The Bertz CT molecular complexity index is 750. The molecule has 29 heavy (non-hydrogen) atoms. The number of likely N-dealkylation sites (N-methyl/N-ethyl adjacent to an activating group) is 1. The summed E-state index contributed by atoms with van der Waals surface area (Å²) in [7, 11) is 3.58. The van der Waals surface area contributed by atoms with Crippen molar-refractivity contribution < 1.29 is 23.9 Å². The molecule has 8 nitrogen and oxygen atoms in total. The SMILES string of the molecule is CN(C)[C@@H](Cc1ccccc1)C(=O)N[C@@H](CCC(=O)C=[N+]=[N-])C(=O)OC(C)(C)C. The first-order chi connectivity index (χ1) is 13.5. The largest absolute Gasteiger partial charge is 0.458 e. The minimum absolute atomic E-state index is 0.0387. The molecule has 0 saturated heterocycles. The zero-order valence-electron chi connectivity index (χ0n) is 17.7. The average molecular weight is 402 g/mol. The van der Waals surface area contributed by atoms with E-state index in [-0.39, 0.29) is 18.7 Å². The van der Waals surface area contributed by atoms with Crippen LogP contribution in [0.2, 0.25) is 0 Å². The number of hydrogen-bond acceptors (Lipinski definition) is 5. The van der Waals surface area contributed by atoms with E-state index in [9.17, 15) is 14.4 Å². The molecule has 0 aromatic heterocycles. The zero-order chi connectivity index (χ0) is 22.0. The highest BCUT2D eigenvalue weighted by Gasteiger charge is 2.30. The number of nitrogens with zero attached hydrogens (tertiary/aromatic N) is 3. The van der Waals surface area contributed by atoms with E-state index in [1.54, 1.807) is 39.8 Å². The van der Waals surface area contributed by atoms with Crippen LogP contribution in [0, 0.1) is 0 Å². The number of carbonyl (C=O) groups is 3. The molecule has 1 N–H and O–H groups in total. The van der Waals surface area contributed by atoms with Crippen LogP contribution in [0.15, 0.2) is 30.3 Å². The van der Waals surface area contributed by atoms with E-state index >= 15 is 0 Å². The second-order valence-corrected chi connectivity index (χ2v) is 8.01. The van der Waals surface area contributed by atoms with Crippen molar-refractivity contribution in [2.24, 2.45) is 0 Å². The summed E-state index contributed by atoms with van der Waals surface area (Å²) in [6.45, 7) is 5.18. The Balaban J connectivity index is 2.94. The van der Waals surface area contributed by atoms with Crippen molar-refractivity contribution in [1.82, 2.24) is 10.2 Å². The van der Waals surface area contributed by atoms with Crippen molar-refractivity contribution in [1.29, 1.82) is 0 Å². The van der Waals surface area contributed by atoms with Gasteiger partial charge in [0.05, 0.1) is 6.04 Å². The van der Waals surface area contributed by atoms with Crippen LogP contribution in [0.25, 0.3) is 5.53 Å². The van der Waals surface area contributed by atoms with E-state index < -0.39 is 29.4 Å². The number of rotatable bonds is 10. The molecule has 0 aliphatic heterocycles. The van der Waals surface area contributed by atoms with E-state index in [0.29, 0.717) is 6.42 Å². The maximum absolute atomic E-state index is 12.9. The summed E-state index contributed by atoms with van der Waals surface area (Å²) >= 11 is 0. The van der Waals surface area contributed by atoms with Crippen LogP contribution >= 0.6 is 0 Å². The smallest absolute Gasteiger partial charge is 0.329 e. The van der Waals surface area contributed by atoms with Crippen LogP contribution in [0.4, 0.5) is 0 Å². The fourth-order valence-corrected chi connectivity index (χ4v) is 2.65. The molecule has 1 rings (SSSR count). The fourth-order valence-electron chi connectivity index (χ4n) is 2.65. The average Bonchev–Trinajstić information content (AvgIpc) is 2.62. The van der Waals surface area contributed by atoms with Crippen molar-refractivity contribution >= 4 is 23.9 Å². The first kappa shape index (κ1) is 24.2. The maximum atomic E-state index is 12.9. The molecule has 0 aliphatic rings. The lowest BCUT2D eigenvalue weighted by Gasteiger charge is -2.28. The topological polar surface area (TPSA) is 112 Å². The van der Waals surface area contributed by atoms with E-state index in [1.807, 2.05) is 30.3 Å². The molecule has 1 aromatic carbocycles. The van der Waals surface area contributed by atoms with E-state index in [1.165, 1.54) is 0 Å². The van der Waals surface area contributed by atoms with Crippen LogP contribution in [-0.4, -0.2) is 65.3 Å². The number of hydrogen-bond donors (Lipinski definition) is 1. The second-order valence-electron chi connectivity index (χ2n) is 8.01. The highest BCUT2D eigenvalue weighted by Crippen LogP contribution is 2.13. The first-order valence-corrected chi connectivity index (χ1v) is 9.47. The van der Waals surface area contributed by atoms with Gasteiger partial charge in [-0.15, -0.1) is 0 Å². The number of ether oxygens (including phenoxy) is 1. The number of esters is 1. The molecule has 1 aromatic rings. The summed E-state index contributed by atoms with van der Waals surface area (Å²) in [5.41, 5.74) is 8.72. The normalized spacial score (nSPS) is 13.2. The molecule has 0 saturated carbocycles. The quantitative estimate of drug-likeness (QED) is 0.277. The van der Waals surface area contributed by atoms with Crippen LogP contribution in [0.1, 0.15) is 39.2 Å². The van der Waals surface area contributed by atoms with Crippen molar-refractivity contribution in [3.05, 3.63) is 41.4 Å². The molecule has 0 bridgehead atoms. The van der Waals surface area contributed by atoms with E-state index in [0.717, 1.165) is 11.8 Å². The molecule has 1 amide bonds. The third-order valence-electron chi connectivity index (χ3n) is 4.09. The number of Topliss-reactive ketones (excluding diaryl/α,β-unsaturated/α-hetero) is 1. The Labute approximate surface area is 171 Å². The summed E-state index contributed by atoms with van der Waals surface area (Å²) in [6, 6.07) is 8.08. The summed E-state index contributed by atoms with van der Waals surface area (Å²) in [5, 5.41) is 2.72. The molecule has 2 atom stereocenters. The fraction of sp³-hybridized carbons (Fsp3) is 0.524. The van der Waals surface area contributed by atoms with Gasteiger partial charge >= 0.3 is 12.2 Å². The lowest BCUT2D eigenvalue weighted by Crippen LogP contribution is -2.51. The molecule has 158 valence electrons. The molecular formula is C21H30N4O4. The minimum Gasteiger partial charge on any atom is -0.458 e. The molecule has 0 radical (unpaired) electrons. The highest BCUT2D eigenvalue weighted by atomic mass is 16.6. The lowest BCUT2D eigenvalue weighted by molar-refractivity contribution is -0.159. The van der Waals surface area contributed by atoms with Gasteiger partial charge in [-0.3, -0.25) is 14.5 Å². The number of carbonyl (C=O) groups excluding carboxylic acids is 3. The van der Waals surface area contributed by atoms with Crippen LogP contribution in [0.5, 0.6) is 0 Å². The van der Waals surface area contributed by atoms with Crippen molar-refractivity contribution in [3.63, 3.8) is 0 Å². The maximum Gasteiger partial charge on any atom is 0.329 e. The third kappa shape index (κ3) is 9.27. The standard InChI is InChI=1S/C21H30N4O4/c1-21(2,3)29-20(28)17(12-11-16(26)14-23-22)24-19(27)18(25(4)5)13-15-9-7-6-8-10-15/h6-10,14,17-18H,11-13H2,1-5H3,(H,24,27)/t17-,18-/m0/s1. The zero-order valence-corrected chi connectivity index (χ0v) is 17.7. The highest BCUT2D eigenvalue weighted by molar-refractivity contribution is 6.25. The van der Waals surface area contributed by atoms with E-state index in [2.05, 4.69) is 10.1 Å². The van der Waals surface area contributed by atoms with Gasteiger partial charge in [0.2, 0.25) is 11.7 Å². The van der Waals surface area contributed by atoms with Gasteiger partial charge in [-0.05, 0) is 53.3 Å². The molecule has 0 spiro atoms. The molecule has 0 fully saturated rings. The van der Waals surface area contributed by atoms with Gasteiger partial charge in [-0.25, -0.2) is 4.79 Å². The third-order valence-corrected chi connectivity index (χ3v) is 4.09. The van der Waals surface area contributed by atoms with Crippen LogP contribution < -0.4 is 5.32 Å². The van der Waals surface area contributed by atoms with Crippen molar-refractivity contribution in [2.75, 3.05) is 14.1 Å².